The lowest BCUT2D eigenvalue weighted by Crippen LogP contribution is -2.56. The van der Waals surface area contributed by atoms with Crippen LogP contribution in [-0.4, -0.2) is 66.0 Å². The third kappa shape index (κ3) is 10.9. The van der Waals surface area contributed by atoms with Crippen molar-refractivity contribution in [3.8, 4) is 0 Å². The molecular weight excluding hydrogens is 516 g/mol. The van der Waals surface area contributed by atoms with Crippen LogP contribution in [0.15, 0.2) is 18.2 Å². The summed E-state index contributed by atoms with van der Waals surface area (Å²) in [4.78, 5) is 66.0. The molecule has 1 aromatic carbocycles. The highest BCUT2D eigenvalue weighted by Crippen LogP contribution is 2.32. The maximum atomic E-state index is 14.3. The number of nitrogens with zero attached hydrogens (tertiary/aromatic N) is 1. The fraction of sp³-hybridized carbons (Fsp3) is 0.621. The highest BCUT2D eigenvalue weighted by molar-refractivity contribution is 5.95. The number of alkyl carbamates (subject to hydrolysis) is 1. The van der Waals surface area contributed by atoms with E-state index in [1.165, 1.54) is 12.0 Å². The second kappa shape index (κ2) is 15.2. The number of hydrogen-bond acceptors (Lipinski definition) is 7. The van der Waals surface area contributed by atoms with Crippen LogP contribution in [0.5, 0.6) is 0 Å². The minimum Gasteiger partial charge on any atom is -0.468 e. The number of benzene rings is 1. The summed E-state index contributed by atoms with van der Waals surface area (Å²) in [6, 6.07) is 2.41. The van der Waals surface area contributed by atoms with Crippen molar-refractivity contribution in [3.63, 3.8) is 0 Å². The summed E-state index contributed by atoms with van der Waals surface area (Å²) in [6.45, 7) is 14.1. The van der Waals surface area contributed by atoms with E-state index in [-0.39, 0.29) is 0 Å². The van der Waals surface area contributed by atoms with Gasteiger partial charge in [0.2, 0.25) is 17.7 Å². The fourth-order valence-corrected chi connectivity index (χ4v) is 4.33. The van der Waals surface area contributed by atoms with Crippen LogP contribution in [0.2, 0.25) is 0 Å². The maximum Gasteiger partial charge on any atom is 0.408 e. The van der Waals surface area contributed by atoms with Crippen LogP contribution in [0.1, 0.15) is 83.5 Å². The predicted molar refractivity (Wildman–Crippen MR) is 151 cm³/mol. The second-order valence-corrected chi connectivity index (χ2v) is 11.4. The molecule has 4 amide bonds. The smallest absolute Gasteiger partial charge is 0.408 e. The molecule has 4 N–H and O–H groups in total. The van der Waals surface area contributed by atoms with Gasteiger partial charge in [-0.2, -0.15) is 0 Å². The van der Waals surface area contributed by atoms with Crippen molar-refractivity contribution in [2.24, 2.45) is 11.7 Å². The van der Waals surface area contributed by atoms with E-state index in [1.807, 2.05) is 52.8 Å². The zero-order valence-electron chi connectivity index (χ0n) is 25.3. The third-order valence-electron chi connectivity index (χ3n) is 6.26. The van der Waals surface area contributed by atoms with E-state index in [0.717, 1.165) is 17.5 Å². The molecule has 3 atom stereocenters. The van der Waals surface area contributed by atoms with Crippen molar-refractivity contribution in [3.05, 3.63) is 34.9 Å². The number of primary amides is 1. The first kappa shape index (κ1) is 34.4. The van der Waals surface area contributed by atoms with Crippen LogP contribution in [-0.2, 0) is 28.7 Å². The lowest BCUT2D eigenvalue weighted by atomic mass is 9.91. The molecule has 1 aromatic rings. The van der Waals surface area contributed by atoms with Gasteiger partial charge in [0.1, 0.15) is 24.2 Å². The lowest BCUT2D eigenvalue weighted by molar-refractivity contribution is -0.147. The first-order valence-electron chi connectivity index (χ1n) is 13.5. The number of methoxy groups -OCH3 is 1. The number of nitrogens with two attached hydrogens (primary N) is 1. The van der Waals surface area contributed by atoms with E-state index < -0.39 is 66.5 Å². The van der Waals surface area contributed by atoms with Crippen molar-refractivity contribution in [2.45, 2.75) is 98.4 Å². The van der Waals surface area contributed by atoms with Gasteiger partial charge in [-0.25, -0.2) is 4.79 Å². The number of hydrogen-bond donors (Lipinski definition) is 3. The quantitative estimate of drug-likeness (QED) is 0.312. The average molecular weight is 563 g/mol. The Hall–Kier alpha value is -3.63. The third-order valence-corrected chi connectivity index (χ3v) is 6.26. The van der Waals surface area contributed by atoms with Gasteiger partial charge in [0.15, 0.2) is 0 Å². The number of carbonyl (C=O) groups excluding carboxylic acids is 5. The molecule has 0 radical (unpaired) electrons. The molecule has 0 saturated heterocycles. The summed E-state index contributed by atoms with van der Waals surface area (Å²) in [5, 5.41) is 5.06. The molecule has 0 bridgehead atoms. The van der Waals surface area contributed by atoms with E-state index >= 15 is 0 Å². The molecule has 3 unspecified atom stereocenters. The molecule has 1 rings (SSSR count). The maximum absolute atomic E-state index is 14.3. The highest BCUT2D eigenvalue weighted by atomic mass is 16.6. The minimum absolute atomic E-state index is 0.313. The normalized spacial score (nSPS) is 13.6. The first-order valence-corrected chi connectivity index (χ1v) is 13.5. The van der Waals surface area contributed by atoms with Crippen molar-refractivity contribution >= 4 is 29.8 Å². The number of carbonyl (C=O) groups is 5. The molecule has 11 nitrogen and oxygen atoms in total. The van der Waals surface area contributed by atoms with Crippen LogP contribution >= 0.6 is 0 Å². The van der Waals surface area contributed by atoms with E-state index in [4.69, 9.17) is 10.5 Å². The number of nitrogens with one attached hydrogen (secondary N) is 2. The molecule has 0 aliphatic rings. The van der Waals surface area contributed by atoms with Crippen molar-refractivity contribution in [1.29, 1.82) is 0 Å². The molecule has 0 spiro atoms. The summed E-state index contributed by atoms with van der Waals surface area (Å²) in [5.41, 5.74) is 6.68. The summed E-state index contributed by atoms with van der Waals surface area (Å²) in [5.74, 6) is -2.45. The number of ether oxygens (including phenoxy) is 2. The lowest BCUT2D eigenvalue weighted by Gasteiger charge is -2.39. The Bertz CT molecular complexity index is 1040. The molecule has 0 heterocycles. The minimum atomic E-state index is -1.39. The molecule has 11 heteroatoms. The van der Waals surface area contributed by atoms with E-state index in [9.17, 15) is 24.0 Å². The van der Waals surface area contributed by atoms with Crippen LogP contribution in [0.3, 0.4) is 0 Å². The van der Waals surface area contributed by atoms with E-state index in [1.54, 1.807) is 20.8 Å². The largest absolute Gasteiger partial charge is 0.468 e. The average Bonchev–Trinajstić information content (AvgIpc) is 2.82. The van der Waals surface area contributed by atoms with Gasteiger partial charge in [-0.15, -0.1) is 0 Å². The molecule has 40 heavy (non-hydrogen) atoms. The first-order chi connectivity index (χ1) is 18.5. The van der Waals surface area contributed by atoms with Gasteiger partial charge in [0.05, 0.1) is 13.5 Å². The Balaban J connectivity index is 3.74. The summed E-state index contributed by atoms with van der Waals surface area (Å²) in [7, 11) is 1.21. The van der Waals surface area contributed by atoms with E-state index in [0.29, 0.717) is 17.9 Å². The molecule has 0 saturated carbocycles. The number of aryl methyl sites for hydroxylation is 2. The predicted octanol–water partition coefficient (Wildman–Crippen LogP) is 3.06. The Morgan fingerprint density at radius 1 is 1.00 bits per heavy atom. The molecular formula is C29H46N4O7. The molecule has 0 aliphatic carbocycles. The second-order valence-electron chi connectivity index (χ2n) is 11.4. The van der Waals surface area contributed by atoms with Gasteiger partial charge in [0.25, 0.3) is 0 Å². The SMILES string of the molecule is COC(=O)CNC(=O)C(c1c(C)cccc1C)N(C(=O)C(CC(N)=O)NC(=O)OC(C)(C)C)C(C)CCC(C)C. The van der Waals surface area contributed by atoms with E-state index in [2.05, 4.69) is 15.4 Å². The molecule has 0 aromatic heterocycles. The van der Waals surface area contributed by atoms with Gasteiger partial charge in [0, 0.05) is 6.04 Å². The van der Waals surface area contributed by atoms with Gasteiger partial charge in [-0.3, -0.25) is 19.2 Å². The topological polar surface area (TPSA) is 157 Å². The number of esters is 1. The molecule has 224 valence electrons. The van der Waals surface area contributed by atoms with Crippen LogP contribution in [0, 0.1) is 19.8 Å². The van der Waals surface area contributed by atoms with Gasteiger partial charge in [-0.1, -0.05) is 32.0 Å². The van der Waals surface area contributed by atoms with Crippen LogP contribution in [0.4, 0.5) is 4.79 Å². The van der Waals surface area contributed by atoms with Crippen molar-refractivity contribution < 1.29 is 33.4 Å². The fourth-order valence-electron chi connectivity index (χ4n) is 4.33. The summed E-state index contributed by atoms with van der Waals surface area (Å²) < 4.78 is 10.00. The number of rotatable bonds is 13. The Morgan fingerprint density at radius 3 is 2.05 bits per heavy atom. The monoisotopic (exact) mass is 562 g/mol. The van der Waals surface area contributed by atoms with Crippen LogP contribution < -0.4 is 16.4 Å². The summed E-state index contributed by atoms with van der Waals surface area (Å²) in [6.07, 6.45) is -0.131. The highest BCUT2D eigenvalue weighted by Gasteiger charge is 2.40. The standard InChI is InChI=1S/C29H46N4O7/c1-17(2)13-14-20(5)33(27(37)21(15-22(30)34)32-28(38)40-29(6,7)8)25(26(36)31-16-23(35)39-9)24-18(3)11-10-12-19(24)4/h10-12,17,20-21,25H,13-16H2,1-9H3,(H2,30,34)(H,31,36)(H,32,38). The summed E-state index contributed by atoms with van der Waals surface area (Å²) >= 11 is 0. The molecule has 0 aliphatic heterocycles. The molecule has 0 fully saturated rings. The Kier molecular flexibility index (Phi) is 13.1. The number of amides is 4. The van der Waals surface area contributed by atoms with Gasteiger partial charge >= 0.3 is 12.1 Å². The zero-order valence-corrected chi connectivity index (χ0v) is 25.3. The van der Waals surface area contributed by atoms with Gasteiger partial charge < -0.3 is 30.7 Å². The zero-order chi connectivity index (χ0) is 30.8. The van der Waals surface area contributed by atoms with Crippen LogP contribution in [0.25, 0.3) is 0 Å². The Morgan fingerprint density at radius 2 is 1.57 bits per heavy atom. The van der Waals surface area contributed by atoms with Gasteiger partial charge in [-0.05, 0) is 77.0 Å². The van der Waals surface area contributed by atoms with Crippen molar-refractivity contribution in [2.75, 3.05) is 13.7 Å². The van der Waals surface area contributed by atoms with Crippen molar-refractivity contribution in [1.82, 2.24) is 15.5 Å². The Labute approximate surface area is 237 Å².